The summed E-state index contributed by atoms with van der Waals surface area (Å²) in [5, 5.41) is 20.0. The molecule has 0 radical (unpaired) electrons. The van der Waals surface area contributed by atoms with E-state index >= 15 is 0 Å². The Kier molecular flexibility index (Phi) is 6.62. The Morgan fingerprint density at radius 1 is 1.08 bits per heavy atom. The van der Waals surface area contributed by atoms with Crippen LogP contribution in [0.2, 0.25) is 0 Å². The molecule has 124 valence electrons. The number of aliphatic hydroxyl groups excluding tert-OH is 1. The Labute approximate surface area is 140 Å². The van der Waals surface area contributed by atoms with Gasteiger partial charge in [0, 0.05) is 12.1 Å². The van der Waals surface area contributed by atoms with E-state index < -0.39 is 0 Å². The number of benzene rings is 2. The van der Waals surface area contributed by atoms with E-state index in [-0.39, 0.29) is 19.1 Å². The first kappa shape index (κ1) is 17.3. The van der Waals surface area contributed by atoms with Crippen LogP contribution in [0.3, 0.4) is 0 Å². The van der Waals surface area contributed by atoms with E-state index in [2.05, 4.69) is 5.32 Å². The van der Waals surface area contributed by atoms with Crippen molar-refractivity contribution in [3.05, 3.63) is 59.7 Å². The van der Waals surface area contributed by atoms with Crippen LogP contribution in [0.5, 0.6) is 11.5 Å². The van der Waals surface area contributed by atoms with Gasteiger partial charge >= 0.3 is 0 Å². The molecule has 2 N–H and O–H groups in total. The van der Waals surface area contributed by atoms with Gasteiger partial charge in [0.1, 0.15) is 24.7 Å². The van der Waals surface area contributed by atoms with Gasteiger partial charge in [0.15, 0.2) is 0 Å². The number of aliphatic hydroxyl groups is 1. The van der Waals surface area contributed by atoms with Gasteiger partial charge < -0.3 is 19.9 Å². The molecule has 6 nitrogen and oxygen atoms in total. The van der Waals surface area contributed by atoms with Gasteiger partial charge in [-0.25, -0.2) is 0 Å². The molecule has 0 spiro atoms. The summed E-state index contributed by atoms with van der Waals surface area (Å²) in [6.07, 6.45) is 0. The van der Waals surface area contributed by atoms with Gasteiger partial charge in [-0.05, 0) is 42.5 Å². The molecule has 0 aromatic heterocycles. The number of nitrogens with one attached hydrogen (secondary N) is 1. The molecule has 2 aromatic rings. The lowest BCUT2D eigenvalue weighted by molar-refractivity contribution is 0.0944. The largest absolute Gasteiger partial charge is 0.490 e. The Bertz CT molecular complexity index is 708. The highest BCUT2D eigenvalue weighted by Crippen LogP contribution is 2.14. The molecule has 0 bridgehead atoms. The number of nitriles is 1. The zero-order chi connectivity index (χ0) is 17.2. The van der Waals surface area contributed by atoms with Crippen molar-refractivity contribution in [2.75, 3.05) is 26.4 Å². The van der Waals surface area contributed by atoms with Crippen molar-refractivity contribution in [2.45, 2.75) is 0 Å². The second kappa shape index (κ2) is 9.18. The summed E-state index contributed by atoms with van der Waals surface area (Å²) in [5.74, 6) is 0.966. The summed E-state index contributed by atoms with van der Waals surface area (Å²) in [6.45, 7) is 0.769. The standard InChI is InChI=1S/C18H18N2O4/c19-13-14-4-6-16(7-5-14)23-10-11-24-17-3-1-2-15(12-17)18(22)20-8-9-21/h1-7,12,21H,8-11H2,(H,20,22). The van der Waals surface area contributed by atoms with Crippen molar-refractivity contribution in [1.82, 2.24) is 5.32 Å². The molecule has 6 heteroatoms. The first-order valence-electron chi connectivity index (χ1n) is 7.48. The molecule has 1 amide bonds. The highest BCUT2D eigenvalue weighted by molar-refractivity contribution is 5.94. The highest BCUT2D eigenvalue weighted by Gasteiger charge is 2.06. The number of hydrogen-bond donors (Lipinski definition) is 2. The number of ether oxygens (including phenoxy) is 2. The van der Waals surface area contributed by atoms with Crippen molar-refractivity contribution < 1.29 is 19.4 Å². The maximum Gasteiger partial charge on any atom is 0.251 e. The van der Waals surface area contributed by atoms with Crippen LogP contribution in [0.4, 0.5) is 0 Å². The van der Waals surface area contributed by atoms with E-state index in [9.17, 15) is 4.79 Å². The van der Waals surface area contributed by atoms with Crippen LogP contribution in [0, 0.1) is 11.3 Å². The maximum absolute atomic E-state index is 11.8. The third-order valence-electron chi connectivity index (χ3n) is 3.10. The molecule has 0 saturated carbocycles. The second-order valence-corrected chi connectivity index (χ2v) is 4.84. The van der Waals surface area contributed by atoms with Crippen molar-refractivity contribution in [2.24, 2.45) is 0 Å². The zero-order valence-electron chi connectivity index (χ0n) is 13.1. The number of nitrogens with zero attached hydrogens (tertiary/aromatic N) is 1. The van der Waals surface area contributed by atoms with Crippen LogP contribution in [0.25, 0.3) is 0 Å². The van der Waals surface area contributed by atoms with Crippen molar-refractivity contribution in [1.29, 1.82) is 5.26 Å². The summed E-state index contributed by atoms with van der Waals surface area (Å²) in [5.41, 5.74) is 1.05. The molecule has 2 aromatic carbocycles. The minimum Gasteiger partial charge on any atom is -0.490 e. The summed E-state index contributed by atoms with van der Waals surface area (Å²) in [6, 6.07) is 15.7. The average Bonchev–Trinajstić information content (AvgIpc) is 2.64. The fourth-order valence-corrected chi connectivity index (χ4v) is 1.94. The average molecular weight is 326 g/mol. The first-order chi connectivity index (χ1) is 11.7. The predicted octanol–water partition coefficient (Wildman–Crippen LogP) is 1.74. The minimum atomic E-state index is -0.261. The van der Waals surface area contributed by atoms with Crippen LogP contribution in [-0.4, -0.2) is 37.4 Å². The molecule has 0 atom stereocenters. The summed E-state index contributed by atoms with van der Waals surface area (Å²) >= 11 is 0. The van der Waals surface area contributed by atoms with E-state index in [1.54, 1.807) is 48.5 Å². The molecular formula is C18H18N2O4. The number of carbonyl (C=O) groups excluding carboxylic acids is 1. The van der Waals surface area contributed by atoms with Gasteiger partial charge in [0.05, 0.1) is 18.2 Å². The second-order valence-electron chi connectivity index (χ2n) is 4.84. The van der Waals surface area contributed by atoms with Gasteiger partial charge in [-0.1, -0.05) is 6.07 Å². The SMILES string of the molecule is N#Cc1ccc(OCCOc2cccc(C(=O)NCCO)c2)cc1. The van der Waals surface area contributed by atoms with Crippen LogP contribution in [0.15, 0.2) is 48.5 Å². The molecule has 0 heterocycles. The Hall–Kier alpha value is -3.04. The molecule has 0 saturated heterocycles. The topological polar surface area (TPSA) is 91.6 Å². The normalized spacial score (nSPS) is 9.83. The number of rotatable bonds is 8. The highest BCUT2D eigenvalue weighted by atomic mass is 16.5. The molecule has 0 aliphatic carbocycles. The fraction of sp³-hybridized carbons (Fsp3) is 0.222. The molecule has 0 unspecified atom stereocenters. The molecule has 2 rings (SSSR count). The molecule has 0 aliphatic rings. The molecule has 0 fully saturated rings. The third kappa shape index (κ3) is 5.30. The van der Waals surface area contributed by atoms with Gasteiger partial charge in [-0.15, -0.1) is 0 Å². The van der Waals surface area contributed by atoms with Gasteiger partial charge in [-0.2, -0.15) is 5.26 Å². The van der Waals surface area contributed by atoms with Crippen molar-refractivity contribution >= 4 is 5.91 Å². The number of hydrogen-bond acceptors (Lipinski definition) is 5. The lowest BCUT2D eigenvalue weighted by Crippen LogP contribution is -2.26. The van der Waals surface area contributed by atoms with Crippen LogP contribution < -0.4 is 14.8 Å². The fourth-order valence-electron chi connectivity index (χ4n) is 1.94. The minimum absolute atomic E-state index is 0.103. The van der Waals surface area contributed by atoms with E-state index in [1.165, 1.54) is 0 Å². The smallest absolute Gasteiger partial charge is 0.251 e. The Morgan fingerprint density at radius 2 is 1.79 bits per heavy atom. The van der Waals surface area contributed by atoms with Crippen LogP contribution in [-0.2, 0) is 0 Å². The van der Waals surface area contributed by atoms with Gasteiger partial charge in [0.2, 0.25) is 0 Å². The van der Waals surface area contributed by atoms with E-state index in [1.807, 2.05) is 6.07 Å². The van der Waals surface area contributed by atoms with Crippen LogP contribution in [0.1, 0.15) is 15.9 Å². The van der Waals surface area contributed by atoms with Crippen LogP contribution >= 0.6 is 0 Å². The summed E-state index contributed by atoms with van der Waals surface area (Å²) in [7, 11) is 0. The van der Waals surface area contributed by atoms with E-state index in [0.29, 0.717) is 35.8 Å². The molecular weight excluding hydrogens is 308 g/mol. The Balaban J connectivity index is 1.79. The lowest BCUT2D eigenvalue weighted by atomic mass is 10.2. The summed E-state index contributed by atoms with van der Waals surface area (Å²) in [4.78, 5) is 11.8. The maximum atomic E-state index is 11.8. The predicted molar refractivity (Wildman–Crippen MR) is 88.0 cm³/mol. The van der Waals surface area contributed by atoms with Crippen molar-refractivity contribution in [3.63, 3.8) is 0 Å². The van der Waals surface area contributed by atoms with Gasteiger partial charge in [0.25, 0.3) is 5.91 Å². The molecule has 0 aliphatic heterocycles. The molecule has 24 heavy (non-hydrogen) atoms. The third-order valence-corrected chi connectivity index (χ3v) is 3.10. The Morgan fingerprint density at radius 3 is 2.46 bits per heavy atom. The summed E-state index contributed by atoms with van der Waals surface area (Å²) < 4.78 is 11.1. The number of carbonyl (C=O) groups is 1. The van der Waals surface area contributed by atoms with Gasteiger partial charge in [-0.3, -0.25) is 4.79 Å². The zero-order valence-corrected chi connectivity index (χ0v) is 13.1. The number of amides is 1. The first-order valence-corrected chi connectivity index (χ1v) is 7.48. The van der Waals surface area contributed by atoms with E-state index in [4.69, 9.17) is 19.8 Å². The lowest BCUT2D eigenvalue weighted by Gasteiger charge is -2.09. The monoisotopic (exact) mass is 326 g/mol. The van der Waals surface area contributed by atoms with Crippen molar-refractivity contribution in [3.8, 4) is 17.6 Å². The quantitative estimate of drug-likeness (QED) is 0.721. The van der Waals surface area contributed by atoms with E-state index in [0.717, 1.165) is 0 Å².